The Hall–Kier alpha value is -5.48. The van der Waals surface area contributed by atoms with Crippen LogP contribution in [0.2, 0.25) is 0 Å². The SMILES string of the molecule is COc1cc(-c2ccc(CN(c3ccc4c(c3)CCC4)C3CCN(Cc4ccnc(-c5cc(OC)c(OC)c(OC)c5)c4)CC3)cn2)cc(OC)c1OC. The number of piperidine rings is 1. The summed E-state index contributed by atoms with van der Waals surface area (Å²) in [6.45, 7) is 3.66. The Kier molecular flexibility index (Phi) is 11.4. The van der Waals surface area contributed by atoms with E-state index < -0.39 is 0 Å². The van der Waals surface area contributed by atoms with Gasteiger partial charge in [0.2, 0.25) is 11.5 Å². The van der Waals surface area contributed by atoms with E-state index in [1.165, 1.54) is 40.8 Å². The maximum absolute atomic E-state index is 5.60. The molecule has 0 atom stereocenters. The molecule has 0 saturated carbocycles. The summed E-state index contributed by atoms with van der Waals surface area (Å²) < 4.78 is 33.4. The van der Waals surface area contributed by atoms with Crippen molar-refractivity contribution < 1.29 is 28.4 Å². The first kappa shape index (κ1) is 36.9. The highest BCUT2D eigenvalue weighted by Gasteiger charge is 2.27. The lowest BCUT2D eigenvalue weighted by Gasteiger charge is -2.40. The van der Waals surface area contributed by atoms with Gasteiger partial charge in [-0.05, 0) is 109 Å². The van der Waals surface area contributed by atoms with E-state index in [0.717, 1.165) is 68.0 Å². The zero-order chi connectivity index (χ0) is 37.6. The quantitative estimate of drug-likeness (QED) is 0.112. The zero-order valence-corrected chi connectivity index (χ0v) is 32.2. The van der Waals surface area contributed by atoms with E-state index in [1.54, 1.807) is 42.7 Å². The third-order valence-corrected chi connectivity index (χ3v) is 10.7. The molecule has 0 spiro atoms. The van der Waals surface area contributed by atoms with Crippen LogP contribution in [0.3, 0.4) is 0 Å². The molecule has 0 radical (unpaired) electrons. The van der Waals surface area contributed by atoms with Crippen molar-refractivity contribution in [2.75, 3.05) is 60.6 Å². The number of hydrogen-bond acceptors (Lipinski definition) is 10. The van der Waals surface area contributed by atoms with Crippen molar-refractivity contribution in [2.45, 2.75) is 51.2 Å². The summed E-state index contributed by atoms with van der Waals surface area (Å²) >= 11 is 0. The van der Waals surface area contributed by atoms with Crippen molar-refractivity contribution in [2.24, 2.45) is 0 Å². The Labute approximate surface area is 318 Å². The van der Waals surface area contributed by atoms with Crippen molar-refractivity contribution in [3.63, 3.8) is 0 Å². The number of hydrogen-bond donors (Lipinski definition) is 0. The summed E-state index contributed by atoms with van der Waals surface area (Å²) in [5.74, 6) is 3.57. The van der Waals surface area contributed by atoms with Gasteiger partial charge in [0.25, 0.3) is 0 Å². The normalized spacial score (nSPS) is 14.3. The average molecular weight is 731 g/mol. The van der Waals surface area contributed by atoms with Gasteiger partial charge >= 0.3 is 0 Å². The molecule has 3 heterocycles. The van der Waals surface area contributed by atoms with Gasteiger partial charge < -0.3 is 33.3 Å². The number of fused-ring (bicyclic) bond motifs is 1. The molecule has 54 heavy (non-hydrogen) atoms. The van der Waals surface area contributed by atoms with Gasteiger partial charge in [0.1, 0.15) is 0 Å². The molecule has 2 aromatic heterocycles. The van der Waals surface area contributed by atoms with Crippen molar-refractivity contribution in [1.82, 2.24) is 14.9 Å². The molecule has 0 bridgehead atoms. The summed E-state index contributed by atoms with van der Waals surface area (Å²) in [7, 11) is 9.75. The predicted octanol–water partition coefficient (Wildman–Crippen LogP) is 8.02. The molecule has 10 nitrogen and oxygen atoms in total. The number of methoxy groups -OCH3 is 6. The Balaban J connectivity index is 1.07. The fraction of sp³-hybridized carbons (Fsp3) is 0.364. The third-order valence-electron chi connectivity index (χ3n) is 10.7. The van der Waals surface area contributed by atoms with Crippen molar-refractivity contribution in [1.29, 1.82) is 0 Å². The number of rotatable bonds is 14. The van der Waals surface area contributed by atoms with Gasteiger partial charge in [0, 0.05) is 61.4 Å². The lowest BCUT2D eigenvalue weighted by molar-refractivity contribution is 0.201. The highest BCUT2D eigenvalue weighted by atomic mass is 16.5. The molecular weight excluding hydrogens is 681 g/mol. The second-order valence-electron chi connectivity index (χ2n) is 13.9. The molecule has 1 aliphatic heterocycles. The smallest absolute Gasteiger partial charge is 0.203 e. The molecule has 0 N–H and O–H groups in total. The molecule has 282 valence electrons. The van der Waals surface area contributed by atoms with E-state index in [0.29, 0.717) is 40.5 Å². The van der Waals surface area contributed by atoms with Gasteiger partial charge in [0.15, 0.2) is 23.0 Å². The lowest BCUT2D eigenvalue weighted by Crippen LogP contribution is -2.44. The number of anilines is 1. The molecule has 7 rings (SSSR count). The number of aryl methyl sites for hydroxylation is 2. The van der Waals surface area contributed by atoms with Gasteiger partial charge in [0.05, 0.1) is 54.0 Å². The van der Waals surface area contributed by atoms with Crippen LogP contribution in [0.1, 0.15) is 41.5 Å². The summed E-state index contributed by atoms with van der Waals surface area (Å²) in [5.41, 5.74) is 10.2. The molecule has 1 fully saturated rings. The molecule has 0 unspecified atom stereocenters. The van der Waals surface area contributed by atoms with Gasteiger partial charge in [-0.25, -0.2) is 0 Å². The van der Waals surface area contributed by atoms with Crippen LogP contribution in [0.25, 0.3) is 22.5 Å². The standard InChI is InChI=1S/C44H50N4O6/c1-49-39-22-33(23-40(50-2)43(39)53-5)37-13-10-30(26-46-37)28-48(36-12-11-31-8-7-9-32(31)21-36)35-15-18-47(19-16-35)27-29-14-17-45-38(20-29)34-24-41(51-3)44(54-6)42(25-34)52-4/h10-14,17,20-26,35H,7-9,15-16,18-19,27-28H2,1-6H3. The number of nitrogens with zero attached hydrogens (tertiary/aromatic N) is 4. The highest BCUT2D eigenvalue weighted by molar-refractivity contribution is 5.70. The zero-order valence-electron chi connectivity index (χ0n) is 32.2. The second kappa shape index (κ2) is 16.7. The van der Waals surface area contributed by atoms with Crippen LogP contribution in [0.5, 0.6) is 34.5 Å². The van der Waals surface area contributed by atoms with Gasteiger partial charge in [-0.1, -0.05) is 12.1 Å². The van der Waals surface area contributed by atoms with Crippen LogP contribution in [0, 0.1) is 0 Å². The van der Waals surface area contributed by atoms with E-state index in [9.17, 15) is 0 Å². The van der Waals surface area contributed by atoms with Crippen LogP contribution in [0.4, 0.5) is 5.69 Å². The number of likely N-dealkylation sites (tertiary alicyclic amines) is 1. The summed E-state index contributed by atoms with van der Waals surface area (Å²) in [6, 6.07) is 23.8. The Morgan fingerprint density at radius 3 is 1.80 bits per heavy atom. The van der Waals surface area contributed by atoms with E-state index >= 15 is 0 Å². The first-order valence-corrected chi connectivity index (χ1v) is 18.6. The molecule has 1 saturated heterocycles. The topological polar surface area (TPSA) is 87.6 Å². The minimum absolute atomic E-state index is 0.405. The Bertz CT molecular complexity index is 2010. The third kappa shape index (κ3) is 7.75. The number of ether oxygens (including phenoxy) is 6. The first-order valence-electron chi connectivity index (χ1n) is 18.6. The van der Waals surface area contributed by atoms with Crippen molar-refractivity contribution in [3.05, 3.63) is 101 Å². The molecule has 3 aromatic carbocycles. The van der Waals surface area contributed by atoms with E-state index in [4.69, 9.17) is 33.4 Å². The van der Waals surface area contributed by atoms with Crippen LogP contribution in [-0.4, -0.2) is 76.7 Å². The minimum Gasteiger partial charge on any atom is -0.493 e. The first-order chi connectivity index (χ1) is 26.4. The lowest BCUT2D eigenvalue weighted by atomic mass is 9.99. The minimum atomic E-state index is 0.405. The predicted molar refractivity (Wildman–Crippen MR) is 212 cm³/mol. The van der Waals surface area contributed by atoms with E-state index in [-0.39, 0.29) is 0 Å². The number of benzene rings is 3. The molecule has 10 heteroatoms. The molecule has 1 aliphatic carbocycles. The average Bonchev–Trinajstić information content (AvgIpc) is 3.70. The maximum Gasteiger partial charge on any atom is 0.203 e. The van der Waals surface area contributed by atoms with Crippen LogP contribution in [0.15, 0.2) is 79.1 Å². The Morgan fingerprint density at radius 1 is 0.611 bits per heavy atom. The highest BCUT2D eigenvalue weighted by Crippen LogP contribution is 2.42. The summed E-state index contributed by atoms with van der Waals surface area (Å²) in [4.78, 5) is 14.8. The van der Waals surface area contributed by atoms with E-state index in [1.807, 2.05) is 36.7 Å². The van der Waals surface area contributed by atoms with Crippen LogP contribution < -0.4 is 33.3 Å². The summed E-state index contributed by atoms with van der Waals surface area (Å²) in [5, 5.41) is 0. The Morgan fingerprint density at radius 2 is 1.22 bits per heavy atom. The molecule has 0 amide bonds. The molecule has 5 aromatic rings. The van der Waals surface area contributed by atoms with Crippen molar-refractivity contribution in [3.8, 4) is 57.0 Å². The molecule has 2 aliphatic rings. The fourth-order valence-electron chi connectivity index (χ4n) is 7.89. The van der Waals surface area contributed by atoms with Crippen molar-refractivity contribution >= 4 is 5.69 Å². The van der Waals surface area contributed by atoms with Crippen LogP contribution >= 0.6 is 0 Å². The summed E-state index contributed by atoms with van der Waals surface area (Å²) in [6.07, 6.45) is 9.60. The van der Waals surface area contributed by atoms with Gasteiger partial charge in [-0.2, -0.15) is 0 Å². The maximum atomic E-state index is 5.60. The van der Waals surface area contributed by atoms with Gasteiger partial charge in [-0.15, -0.1) is 0 Å². The monoisotopic (exact) mass is 730 g/mol. The molecular formula is C44H50N4O6. The fourth-order valence-corrected chi connectivity index (χ4v) is 7.89. The van der Waals surface area contributed by atoms with E-state index in [2.05, 4.69) is 57.2 Å². The number of aromatic nitrogens is 2. The van der Waals surface area contributed by atoms with Crippen LogP contribution in [-0.2, 0) is 25.9 Å². The van der Waals surface area contributed by atoms with Gasteiger partial charge in [-0.3, -0.25) is 14.9 Å². The number of pyridine rings is 2. The largest absolute Gasteiger partial charge is 0.493 e. The second-order valence-corrected chi connectivity index (χ2v) is 13.9.